The summed E-state index contributed by atoms with van der Waals surface area (Å²) >= 11 is 0. The predicted octanol–water partition coefficient (Wildman–Crippen LogP) is 1.83. The molecule has 0 atom stereocenters. The van der Waals surface area contributed by atoms with Gasteiger partial charge in [-0.25, -0.2) is 0 Å². The SMILES string of the molecule is Nc1c(O)ccc2c(C(F)(F)F)cc(=O)[nH]c12. The van der Waals surface area contributed by atoms with Gasteiger partial charge in [-0.2, -0.15) is 13.2 Å². The number of phenolic OH excluding ortho intramolecular Hbond substituents is 1. The van der Waals surface area contributed by atoms with Crippen molar-refractivity contribution < 1.29 is 18.3 Å². The minimum atomic E-state index is -4.66. The molecular weight excluding hydrogens is 237 g/mol. The van der Waals surface area contributed by atoms with Crippen LogP contribution < -0.4 is 11.3 Å². The second kappa shape index (κ2) is 3.41. The van der Waals surface area contributed by atoms with E-state index in [-0.39, 0.29) is 22.3 Å². The van der Waals surface area contributed by atoms with E-state index in [2.05, 4.69) is 4.98 Å². The fourth-order valence-corrected chi connectivity index (χ4v) is 1.57. The number of phenols is 1. The Kier molecular flexibility index (Phi) is 2.27. The highest BCUT2D eigenvalue weighted by atomic mass is 19.4. The average molecular weight is 244 g/mol. The molecule has 17 heavy (non-hydrogen) atoms. The van der Waals surface area contributed by atoms with Gasteiger partial charge in [0.1, 0.15) is 5.75 Å². The molecule has 0 fully saturated rings. The smallest absolute Gasteiger partial charge is 0.417 e. The Hall–Kier alpha value is -2.18. The third-order valence-electron chi connectivity index (χ3n) is 2.34. The lowest BCUT2D eigenvalue weighted by Crippen LogP contribution is -2.14. The Bertz CT molecular complexity index is 646. The molecule has 0 saturated heterocycles. The number of halogens is 3. The number of hydrogen-bond donors (Lipinski definition) is 3. The number of nitrogens with two attached hydrogens (primary N) is 1. The third kappa shape index (κ3) is 1.79. The van der Waals surface area contributed by atoms with Crippen LogP contribution in [0.25, 0.3) is 10.9 Å². The molecular formula is C10H7F3N2O2. The normalized spacial score (nSPS) is 11.9. The first-order valence-corrected chi connectivity index (χ1v) is 4.52. The van der Waals surface area contributed by atoms with Crippen molar-refractivity contribution in [3.8, 4) is 5.75 Å². The molecule has 0 radical (unpaired) electrons. The zero-order chi connectivity index (χ0) is 12.8. The summed E-state index contributed by atoms with van der Waals surface area (Å²) < 4.78 is 38.0. The molecule has 0 aliphatic carbocycles. The fourth-order valence-electron chi connectivity index (χ4n) is 1.57. The highest BCUT2D eigenvalue weighted by molar-refractivity contribution is 5.94. The first kappa shape index (κ1) is 11.3. The molecule has 4 N–H and O–H groups in total. The largest absolute Gasteiger partial charge is 0.506 e. The molecule has 2 rings (SSSR count). The summed E-state index contributed by atoms with van der Waals surface area (Å²) in [5.74, 6) is -0.382. The van der Waals surface area contributed by atoms with Gasteiger partial charge in [-0.3, -0.25) is 4.79 Å². The van der Waals surface area contributed by atoms with E-state index >= 15 is 0 Å². The van der Waals surface area contributed by atoms with Crippen LogP contribution in [0.2, 0.25) is 0 Å². The van der Waals surface area contributed by atoms with Crippen molar-refractivity contribution in [1.82, 2.24) is 4.98 Å². The molecule has 90 valence electrons. The number of fused-ring (bicyclic) bond motifs is 1. The summed E-state index contributed by atoms with van der Waals surface area (Å²) in [5, 5.41) is 9.02. The van der Waals surface area contributed by atoms with Gasteiger partial charge in [0.25, 0.3) is 0 Å². The van der Waals surface area contributed by atoms with E-state index in [9.17, 15) is 23.1 Å². The van der Waals surface area contributed by atoms with Gasteiger partial charge in [-0.15, -0.1) is 0 Å². The van der Waals surface area contributed by atoms with E-state index in [1.54, 1.807) is 0 Å². The van der Waals surface area contributed by atoms with E-state index in [0.29, 0.717) is 6.07 Å². The molecule has 0 unspecified atom stereocenters. The van der Waals surface area contributed by atoms with E-state index < -0.39 is 17.3 Å². The van der Waals surface area contributed by atoms with Gasteiger partial charge >= 0.3 is 6.18 Å². The maximum Gasteiger partial charge on any atom is 0.417 e. The van der Waals surface area contributed by atoms with Crippen LogP contribution in [0.4, 0.5) is 18.9 Å². The second-order valence-corrected chi connectivity index (χ2v) is 3.47. The average Bonchev–Trinajstić information content (AvgIpc) is 2.22. The first-order valence-electron chi connectivity index (χ1n) is 4.52. The Balaban J connectivity index is 2.97. The van der Waals surface area contributed by atoms with E-state index in [4.69, 9.17) is 5.73 Å². The van der Waals surface area contributed by atoms with E-state index in [1.165, 1.54) is 0 Å². The molecule has 7 heteroatoms. The van der Waals surface area contributed by atoms with Crippen LogP contribution in [0.5, 0.6) is 5.75 Å². The van der Waals surface area contributed by atoms with Crippen molar-refractivity contribution in [2.24, 2.45) is 0 Å². The Morgan fingerprint density at radius 3 is 2.53 bits per heavy atom. The highest BCUT2D eigenvalue weighted by Crippen LogP contribution is 2.36. The Morgan fingerprint density at radius 1 is 1.29 bits per heavy atom. The van der Waals surface area contributed by atoms with Crippen molar-refractivity contribution in [3.05, 3.63) is 34.1 Å². The molecule has 1 aromatic heterocycles. The van der Waals surface area contributed by atoms with Crippen LogP contribution in [0.3, 0.4) is 0 Å². The molecule has 0 bridgehead atoms. The van der Waals surface area contributed by atoms with E-state index in [0.717, 1.165) is 12.1 Å². The van der Waals surface area contributed by atoms with Crippen LogP contribution in [0, 0.1) is 0 Å². The Labute approximate surface area is 92.5 Å². The summed E-state index contributed by atoms with van der Waals surface area (Å²) in [6, 6.07) is 2.56. The number of pyridine rings is 1. The summed E-state index contributed by atoms with van der Waals surface area (Å²) in [6.45, 7) is 0. The number of aromatic amines is 1. The predicted molar refractivity (Wildman–Crippen MR) is 55.6 cm³/mol. The summed E-state index contributed by atoms with van der Waals surface area (Å²) in [5.41, 5.74) is 2.90. The number of aromatic nitrogens is 1. The number of rotatable bonds is 0. The van der Waals surface area contributed by atoms with Crippen LogP contribution in [-0.2, 0) is 6.18 Å². The maximum atomic E-state index is 12.7. The quantitative estimate of drug-likeness (QED) is 0.488. The minimum absolute atomic E-state index is 0.218. The first-order chi connectivity index (χ1) is 7.80. The van der Waals surface area contributed by atoms with Gasteiger partial charge in [0.05, 0.1) is 16.8 Å². The molecule has 0 saturated carbocycles. The number of hydrogen-bond acceptors (Lipinski definition) is 3. The minimum Gasteiger partial charge on any atom is -0.506 e. The molecule has 0 spiro atoms. The van der Waals surface area contributed by atoms with Crippen LogP contribution >= 0.6 is 0 Å². The topological polar surface area (TPSA) is 79.1 Å². The lowest BCUT2D eigenvalue weighted by atomic mass is 10.1. The lowest BCUT2D eigenvalue weighted by molar-refractivity contribution is -0.136. The maximum absolute atomic E-state index is 12.7. The fraction of sp³-hybridized carbons (Fsp3) is 0.100. The number of anilines is 1. The molecule has 1 heterocycles. The molecule has 2 aromatic rings. The number of nitrogens with one attached hydrogen (secondary N) is 1. The van der Waals surface area contributed by atoms with Gasteiger partial charge in [-0.1, -0.05) is 0 Å². The zero-order valence-corrected chi connectivity index (χ0v) is 8.30. The monoisotopic (exact) mass is 244 g/mol. The molecule has 4 nitrogen and oxygen atoms in total. The number of H-pyrrole nitrogens is 1. The van der Waals surface area contributed by atoms with Crippen molar-refractivity contribution in [3.63, 3.8) is 0 Å². The van der Waals surface area contributed by atoms with Crippen molar-refractivity contribution in [1.29, 1.82) is 0 Å². The number of alkyl halides is 3. The molecule has 0 aliphatic heterocycles. The van der Waals surface area contributed by atoms with Gasteiger partial charge in [-0.05, 0) is 12.1 Å². The summed E-state index contributed by atoms with van der Waals surface area (Å²) in [4.78, 5) is 13.3. The number of benzene rings is 1. The molecule has 1 aromatic carbocycles. The van der Waals surface area contributed by atoms with Crippen LogP contribution in [-0.4, -0.2) is 10.1 Å². The zero-order valence-electron chi connectivity index (χ0n) is 8.30. The molecule has 0 aliphatic rings. The summed E-state index contributed by atoms with van der Waals surface area (Å²) in [6.07, 6.45) is -4.66. The number of nitrogen functional groups attached to an aromatic ring is 1. The lowest BCUT2D eigenvalue weighted by Gasteiger charge is -2.11. The van der Waals surface area contributed by atoms with Crippen LogP contribution in [0.1, 0.15) is 5.56 Å². The van der Waals surface area contributed by atoms with Crippen molar-refractivity contribution in [2.75, 3.05) is 5.73 Å². The number of aromatic hydroxyl groups is 1. The Morgan fingerprint density at radius 2 is 1.94 bits per heavy atom. The van der Waals surface area contributed by atoms with Gasteiger partial charge in [0.2, 0.25) is 5.56 Å². The van der Waals surface area contributed by atoms with Crippen LogP contribution in [0.15, 0.2) is 23.0 Å². The third-order valence-corrected chi connectivity index (χ3v) is 2.34. The van der Waals surface area contributed by atoms with Crippen molar-refractivity contribution >= 4 is 16.6 Å². The second-order valence-electron chi connectivity index (χ2n) is 3.47. The van der Waals surface area contributed by atoms with Crippen molar-refractivity contribution in [2.45, 2.75) is 6.18 Å². The standard InChI is InChI=1S/C10H7F3N2O2/c11-10(12,13)5-3-7(17)15-9-4(5)1-2-6(16)8(9)14/h1-3,16H,14H2,(H,15,17). The van der Waals surface area contributed by atoms with Gasteiger partial charge in [0, 0.05) is 11.5 Å². The van der Waals surface area contributed by atoms with E-state index in [1.807, 2.05) is 0 Å². The van der Waals surface area contributed by atoms with Gasteiger partial charge < -0.3 is 15.8 Å². The van der Waals surface area contributed by atoms with Gasteiger partial charge in [0.15, 0.2) is 0 Å². The highest BCUT2D eigenvalue weighted by Gasteiger charge is 2.33. The molecule has 0 amide bonds. The summed E-state index contributed by atoms with van der Waals surface area (Å²) in [7, 11) is 0.